The number of carbonyl (C=O) groups is 3. The van der Waals surface area contributed by atoms with E-state index < -0.39 is 62.7 Å². The molecule has 3 aromatic rings. The molecule has 2 atom stereocenters. The summed E-state index contributed by atoms with van der Waals surface area (Å²) >= 11 is 24.7. The first-order chi connectivity index (χ1) is 18.8. The van der Waals surface area contributed by atoms with Crippen molar-refractivity contribution in [1.82, 2.24) is 0 Å². The molecular formula is C27H20Cl4F3N3O3. The molecule has 0 spiro atoms. The number of alkyl halides is 2. The molecule has 1 aliphatic rings. The Bertz CT molecular complexity index is 1520. The summed E-state index contributed by atoms with van der Waals surface area (Å²) in [6.45, 7) is 1.73. The van der Waals surface area contributed by atoms with Gasteiger partial charge in [-0.1, -0.05) is 36.2 Å². The second-order valence-corrected chi connectivity index (χ2v) is 11.3. The van der Waals surface area contributed by atoms with Crippen LogP contribution < -0.4 is 16.0 Å². The molecule has 3 N–H and O–H groups in total. The van der Waals surface area contributed by atoms with Crippen molar-refractivity contribution < 1.29 is 27.6 Å². The molecule has 210 valence electrons. The van der Waals surface area contributed by atoms with Crippen LogP contribution in [0.1, 0.15) is 41.6 Å². The first-order valence-electron chi connectivity index (χ1n) is 11.9. The number of halogens is 7. The fourth-order valence-corrected chi connectivity index (χ4v) is 5.37. The largest absolute Gasteiger partial charge is 0.326 e. The number of benzene rings is 3. The predicted octanol–water partition coefficient (Wildman–Crippen LogP) is 7.93. The van der Waals surface area contributed by atoms with Gasteiger partial charge >= 0.3 is 0 Å². The average Bonchev–Trinajstić information content (AvgIpc) is 3.48. The van der Waals surface area contributed by atoms with E-state index >= 15 is 0 Å². The van der Waals surface area contributed by atoms with E-state index in [1.165, 1.54) is 30.3 Å². The van der Waals surface area contributed by atoms with Crippen molar-refractivity contribution in [1.29, 1.82) is 0 Å². The van der Waals surface area contributed by atoms with Gasteiger partial charge in [0.2, 0.25) is 11.8 Å². The maximum Gasteiger partial charge on any atom is 0.257 e. The highest BCUT2D eigenvalue weighted by atomic mass is 35.5. The molecule has 3 amide bonds. The van der Waals surface area contributed by atoms with E-state index in [9.17, 15) is 27.6 Å². The van der Waals surface area contributed by atoms with Gasteiger partial charge in [0, 0.05) is 18.0 Å². The fourth-order valence-electron chi connectivity index (χ4n) is 4.15. The van der Waals surface area contributed by atoms with E-state index in [2.05, 4.69) is 16.0 Å². The van der Waals surface area contributed by atoms with Gasteiger partial charge in [-0.05, 0) is 54.4 Å². The number of anilines is 3. The maximum atomic E-state index is 14.9. The first-order valence-corrected chi connectivity index (χ1v) is 13.4. The van der Waals surface area contributed by atoms with Gasteiger partial charge in [0.25, 0.3) is 5.91 Å². The van der Waals surface area contributed by atoms with Crippen molar-refractivity contribution in [2.75, 3.05) is 16.0 Å². The Morgan fingerprint density at radius 3 is 2.25 bits per heavy atom. The summed E-state index contributed by atoms with van der Waals surface area (Å²) in [5, 5.41) is 6.89. The van der Waals surface area contributed by atoms with Crippen LogP contribution in [-0.2, 0) is 9.59 Å². The Kier molecular flexibility index (Phi) is 8.89. The number of amides is 3. The molecule has 1 aliphatic carbocycles. The summed E-state index contributed by atoms with van der Waals surface area (Å²) in [4.78, 5) is 37.8. The molecule has 0 radical (unpaired) electrons. The Balaban J connectivity index is 1.51. The van der Waals surface area contributed by atoms with Crippen LogP contribution in [0.3, 0.4) is 0 Å². The van der Waals surface area contributed by atoms with Crippen LogP contribution in [0, 0.1) is 23.4 Å². The third-order valence-electron chi connectivity index (χ3n) is 6.20. The van der Waals surface area contributed by atoms with Gasteiger partial charge in [-0.2, -0.15) is 0 Å². The molecule has 0 aromatic heterocycles. The van der Waals surface area contributed by atoms with E-state index in [1.54, 1.807) is 6.92 Å². The quantitative estimate of drug-likeness (QED) is 0.220. The molecule has 0 bridgehead atoms. The number of hydrogen-bond donors (Lipinski definition) is 3. The van der Waals surface area contributed by atoms with Crippen molar-refractivity contribution >= 4 is 81.2 Å². The third-order valence-corrected chi connectivity index (χ3v) is 7.76. The zero-order valence-electron chi connectivity index (χ0n) is 20.6. The summed E-state index contributed by atoms with van der Waals surface area (Å²) < 4.78 is 41.2. The van der Waals surface area contributed by atoms with E-state index in [4.69, 9.17) is 46.4 Å². The van der Waals surface area contributed by atoms with Gasteiger partial charge in [0.15, 0.2) is 5.82 Å². The number of rotatable bonds is 8. The van der Waals surface area contributed by atoms with Crippen LogP contribution in [0.5, 0.6) is 0 Å². The minimum Gasteiger partial charge on any atom is -0.326 e. The number of hydrogen-bond acceptors (Lipinski definition) is 3. The van der Waals surface area contributed by atoms with Crippen molar-refractivity contribution in [3.63, 3.8) is 0 Å². The highest BCUT2D eigenvalue weighted by Gasteiger charge is 2.67. The molecule has 0 saturated heterocycles. The summed E-state index contributed by atoms with van der Waals surface area (Å²) in [6.07, 6.45) is 0.521. The fraction of sp³-hybridized carbons (Fsp3) is 0.222. The Hall–Kier alpha value is -2.98. The molecule has 0 heterocycles. The van der Waals surface area contributed by atoms with Crippen LogP contribution >= 0.6 is 46.4 Å². The van der Waals surface area contributed by atoms with Gasteiger partial charge < -0.3 is 16.0 Å². The molecule has 1 fully saturated rings. The van der Waals surface area contributed by atoms with E-state index in [0.717, 1.165) is 18.2 Å². The molecule has 1 saturated carbocycles. The van der Waals surface area contributed by atoms with Crippen LogP contribution in [0.15, 0.2) is 48.5 Å². The molecular weight excluding hydrogens is 613 g/mol. The van der Waals surface area contributed by atoms with Crippen LogP contribution in [-0.4, -0.2) is 22.1 Å². The normalized spacial score (nSPS) is 17.2. The van der Waals surface area contributed by atoms with Gasteiger partial charge in [0.05, 0.1) is 27.2 Å². The molecule has 4 rings (SSSR count). The topological polar surface area (TPSA) is 87.3 Å². The lowest BCUT2D eigenvalue weighted by atomic mass is 10.1. The van der Waals surface area contributed by atoms with Crippen molar-refractivity contribution in [3.05, 3.63) is 87.2 Å². The average molecular weight is 633 g/mol. The lowest BCUT2D eigenvalue weighted by Gasteiger charge is -2.13. The second-order valence-electron chi connectivity index (χ2n) is 9.02. The van der Waals surface area contributed by atoms with Crippen LogP contribution in [0.2, 0.25) is 10.0 Å². The van der Waals surface area contributed by atoms with Crippen LogP contribution in [0.4, 0.5) is 30.2 Å². The Labute approximate surface area is 247 Å². The molecule has 0 aliphatic heterocycles. The van der Waals surface area contributed by atoms with Gasteiger partial charge in [-0.25, -0.2) is 13.2 Å². The SMILES string of the molecule is CCCC(=O)Nc1c(F)ccc(NC(=O)c2cc(NC(=O)C3[C@H](c4ccc(F)c(Cl)c4)C3(Cl)Cl)ccc2Cl)c1F. The molecule has 13 heteroatoms. The molecule has 40 heavy (non-hydrogen) atoms. The third kappa shape index (κ3) is 6.17. The summed E-state index contributed by atoms with van der Waals surface area (Å²) in [5.41, 5.74) is -0.620. The Morgan fingerprint density at radius 2 is 1.57 bits per heavy atom. The minimum absolute atomic E-state index is 0.0243. The highest BCUT2D eigenvalue weighted by Crippen LogP contribution is 2.65. The van der Waals surface area contributed by atoms with Gasteiger partial charge in [-0.3, -0.25) is 14.4 Å². The van der Waals surface area contributed by atoms with Gasteiger partial charge in [-0.15, -0.1) is 23.2 Å². The Morgan fingerprint density at radius 1 is 0.875 bits per heavy atom. The monoisotopic (exact) mass is 631 g/mol. The minimum atomic E-state index is -1.48. The van der Waals surface area contributed by atoms with Crippen LogP contribution in [0.25, 0.3) is 0 Å². The summed E-state index contributed by atoms with van der Waals surface area (Å²) in [5.74, 6) is -6.45. The van der Waals surface area contributed by atoms with Crippen molar-refractivity contribution in [3.8, 4) is 0 Å². The van der Waals surface area contributed by atoms with E-state index in [1.807, 2.05) is 0 Å². The lowest BCUT2D eigenvalue weighted by molar-refractivity contribution is -0.117. The maximum absolute atomic E-state index is 14.9. The van der Waals surface area contributed by atoms with Crippen molar-refractivity contribution in [2.24, 2.45) is 5.92 Å². The second kappa shape index (κ2) is 11.9. The number of carbonyl (C=O) groups excluding carboxylic acids is 3. The zero-order chi connectivity index (χ0) is 29.4. The molecule has 3 aromatic carbocycles. The molecule has 6 nitrogen and oxygen atoms in total. The first kappa shape index (κ1) is 30.0. The molecule has 1 unspecified atom stereocenters. The standard InChI is InChI=1S/C27H20Cl4F3N3O3/c1-2-3-20(38)37-24-18(33)8-9-19(23(24)34)36-25(39)14-11-13(5-6-15(14)28)35-26(40)22-21(27(22,30)31)12-4-7-17(32)16(29)10-12/h4-11,21-22H,2-3H2,1H3,(H,35,40)(H,36,39)(H,37,38)/t21-,22?/m0/s1. The number of nitrogens with one attached hydrogen (secondary N) is 3. The highest BCUT2D eigenvalue weighted by molar-refractivity contribution is 6.53. The summed E-state index contributed by atoms with van der Waals surface area (Å²) in [7, 11) is 0. The predicted molar refractivity (Wildman–Crippen MR) is 150 cm³/mol. The smallest absolute Gasteiger partial charge is 0.257 e. The van der Waals surface area contributed by atoms with E-state index in [-0.39, 0.29) is 27.7 Å². The van der Waals surface area contributed by atoms with E-state index in [0.29, 0.717) is 12.0 Å². The zero-order valence-corrected chi connectivity index (χ0v) is 23.6. The van der Waals surface area contributed by atoms with Gasteiger partial charge in [0.1, 0.15) is 21.7 Å². The lowest BCUT2D eigenvalue weighted by Crippen LogP contribution is -2.19. The summed E-state index contributed by atoms with van der Waals surface area (Å²) in [6, 6.07) is 9.81. The van der Waals surface area contributed by atoms with Crippen molar-refractivity contribution in [2.45, 2.75) is 30.0 Å².